The fraction of sp³-hybridized carbons (Fsp3) is 0. The molecule has 3 heterocycles. The van der Waals surface area contributed by atoms with E-state index in [2.05, 4.69) is 35.7 Å². The first kappa shape index (κ1) is 17.1. The maximum atomic E-state index is 9.95. The van der Waals surface area contributed by atoms with Crippen LogP contribution < -0.4 is 10.6 Å². The molecule has 0 radical (unpaired) electrons. The van der Waals surface area contributed by atoms with Crippen LogP contribution in [0.4, 0.5) is 23.4 Å². The van der Waals surface area contributed by atoms with E-state index in [1.165, 1.54) is 0 Å². The van der Waals surface area contributed by atoms with Gasteiger partial charge in [0.2, 0.25) is 11.9 Å². The third kappa shape index (κ3) is 3.56. The maximum Gasteiger partial charge on any atom is 0.320 e. The molecule has 0 saturated carbocycles. The van der Waals surface area contributed by atoms with Gasteiger partial charge in [0, 0.05) is 11.8 Å². The number of thiazole rings is 1. The lowest BCUT2D eigenvalue weighted by atomic mass is 10.3. The van der Waals surface area contributed by atoms with Crippen molar-refractivity contribution in [1.29, 1.82) is 0 Å². The topological polar surface area (TPSA) is 114 Å². The molecule has 142 valence electrons. The zero-order valence-electron chi connectivity index (χ0n) is 14.9. The Labute approximate surface area is 168 Å². The number of hydrogen-bond acceptors (Lipinski definition) is 9. The summed E-state index contributed by atoms with van der Waals surface area (Å²) in [6.07, 6.45) is 1.67. The van der Waals surface area contributed by atoms with Crippen molar-refractivity contribution in [2.45, 2.75) is 0 Å². The normalized spacial score (nSPS) is 10.9. The Balaban J connectivity index is 1.42. The van der Waals surface area contributed by atoms with E-state index in [1.807, 2.05) is 48.5 Å². The molecule has 10 heteroatoms. The van der Waals surface area contributed by atoms with Crippen LogP contribution in [-0.2, 0) is 0 Å². The summed E-state index contributed by atoms with van der Waals surface area (Å²) < 4.78 is 2.75. The third-order valence-corrected chi connectivity index (χ3v) is 4.89. The van der Waals surface area contributed by atoms with Crippen molar-refractivity contribution >= 4 is 45.0 Å². The number of aromatic nitrogens is 6. The Hall–Kier alpha value is -4.05. The van der Waals surface area contributed by atoms with Gasteiger partial charge in [-0.3, -0.25) is 0 Å². The second kappa shape index (κ2) is 7.17. The fourth-order valence-corrected chi connectivity index (χ4v) is 3.54. The van der Waals surface area contributed by atoms with Gasteiger partial charge in [-0.1, -0.05) is 18.2 Å². The van der Waals surface area contributed by atoms with Crippen LogP contribution in [0.5, 0.6) is 6.01 Å². The number of para-hydroxylation sites is 1. The van der Waals surface area contributed by atoms with Crippen molar-refractivity contribution in [3.63, 3.8) is 0 Å². The van der Waals surface area contributed by atoms with E-state index in [9.17, 15) is 5.11 Å². The number of hydrogen-bond donors (Lipinski definition) is 3. The monoisotopic (exact) mass is 402 g/mol. The summed E-state index contributed by atoms with van der Waals surface area (Å²) in [5, 5.41) is 20.4. The summed E-state index contributed by atoms with van der Waals surface area (Å²) in [5.74, 6) is 1.06. The number of anilines is 4. The molecular formula is C19H14N8OS. The van der Waals surface area contributed by atoms with Crippen LogP contribution in [0.15, 0.2) is 66.3 Å². The summed E-state index contributed by atoms with van der Waals surface area (Å²) in [4.78, 5) is 16.5. The molecule has 0 bridgehead atoms. The highest BCUT2D eigenvalue weighted by molar-refractivity contribution is 7.16. The number of fused-ring (bicyclic) bond motifs is 1. The molecule has 3 N–H and O–H groups in total. The molecule has 0 fully saturated rings. The van der Waals surface area contributed by atoms with E-state index < -0.39 is 6.01 Å². The van der Waals surface area contributed by atoms with Crippen molar-refractivity contribution in [3.8, 4) is 11.7 Å². The van der Waals surface area contributed by atoms with Gasteiger partial charge >= 0.3 is 6.01 Å². The molecule has 0 aliphatic carbocycles. The molecule has 29 heavy (non-hydrogen) atoms. The van der Waals surface area contributed by atoms with Crippen molar-refractivity contribution in [3.05, 3.63) is 66.3 Å². The number of aromatic hydroxyl groups is 1. The van der Waals surface area contributed by atoms with E-state index >= 15 is 0 Å². The van der Waals surface area contributed by atoms with Gasteiger partial charge in [0.25, 0.3) is 0 Å². The van der Waals surface area contributed by atoms with E-state index in [0.29, 0.717) is 5.82 Å². The van der Waals surface area contributed by atoms with Gasteiger partial charge in [-0.15, -0.1) is 11.3 Å². The van der Waals surface area contributed by atoms with Crippen LogP contribution in [0.25, 0.3) is 15.9 Å². The van der Waals surface area contributed by atoms with Crippen LogP contribution in [0.2, 0.25) is 0 Å². The SMILES string of the molecule is Oc1nc(Nc2ccc3ncsc3c2)nc(Nc2ccnn2-c2ccccc2)n1. The molecule has 0 saturated heterocycles. The summed E-state index contributed by atoms with van der Waals surface area (Å²) in [6, 6.07) is 16.8. The Kier molecular flexibility index (Phi) is 4.22. The lowest BCUT2D eigenvalue weighted by molar-refractivity contribution is 0.430. The lowest BCUT2D eigenvalue weighted by Gasteiger charge is -2.10. The van der Waals surface area contributed by atoms with E-state index in [4.69, 9.17) is 0 Å². The minimum atomic E-state index is -0.394. The fourth-order valence-electron chi connectivity index (χ4n) is 2.83. The molecule has 0 spiro atoms. The molecule has 0 aliphatic rings. The molecule has 5 aromatic rings. The molecule has 5 rings (SSSR count). The zero-order valence-corrected chi connectivity index (χ0v) is 15.7. The molecule has 2 aromatic carbocycles. The summed E-state index contributed by atoms with van der Waals surface area (Å²) >= 11 is 1.54. The average Bonchev–Trinajstić information content (AvgIpc) is 3.37. The predicted molar refractivity (Wildman–Crippen MR) is 111 cm³/mol. The summed E-state index contributed by atoms with van der Waals surface area (Å²) in [5.41, 5.74) is 4.39. The molecule has 9 nitrogen and oxygen atoms in total. The minimum absolute atomic E-state index is 0.191. The Bertz CT molecular complexity index is 1280. The van der Waals surface area contributed by atoms with Crippen LogP contribution in [0.1, 0.15) is 0 Å². The van der Waals surface area contributed by atoms with Gasteiger partial charge < -0.3 is 15.7 Å². The van der Waals surface area contributed by atoms with Gasteiger partial charge in [0.05, 0.1) is 27.6 Å². The van der Waals surface area contributed by atoms with Gasteiger partial charge in [0.15, 0.2) is 0 Å². The first-order chi connectivity index (χ1) is 14.2. The molecule has 0 unspecified atom stereocenters. The quantitative estimate of drug-likeness (QED) is 0.406. The van der Waals surface area contributed by atoms with Crippen LogP contribution in [0.3, 0.4) is 0 Å². The molecule has 0 aliphatic heterocycles. The second-order valence-electron chi connectivity index (χ2n) is 6.03. The lowest BCUT2D eigenvalue weighted by Crippen LogP contribution is -2.07. The Morgan fingerprint density at radius 3 is 2.59 bits per heavy atom. The average molecular weight is 402 g/mol. The van der Waals surface area contributed by atoms with E-state index in [0.717, 1.165) is 21.6 Å². The second-order valence-corrected chi connectivity index (χ2v) is 6.92. The predicted octanol–water partition coefficient (Wildman–Crippen LogP) is 3.86. The van der Waals surface area contributed by atoms with Crippen molar-refractivity contribution in [1.82, 2.24) is 29.7 Å². The molecule has 3 aromatic heterocycles. The first-order valence-corrected chi connectivity index (χ1v) is 9.54. The highest BCUT2D eigenvalue weighted by atomic mass is 32.1. The van der Waals surface area contributed by atoms with E-state index in [1.54, 1.807) is 33.8 Å². The smallest absolute Gasteiger partial charge is 0.320 e. The van der Waals surface area contributed by atoms with Crippen molar-refractivity contribution in [2.24, 2.45) is 0 Å². The van der Waals surface area contributed by atoms with Crippen LogP contribution in [0, 0.1) is 0 Å². The van der Waals surface area contributed by atoms with Crippen LogP contribution in [-0.4, -0.2) is 34.8 Å². The zero-order chi connectivity index (χ0) is 19.6. The first-order valence-electron chi connectivity index (χ1n) is 8.66. The summed E-state index contributed by atoms with van der Waals surface area (Å²) in [7, 11) is 0. The Morgan fingerprint density at radius 2 is 1.72 bits per heavy atom. The standard InChI is InChI=1S/C19H14N8OS/c28-19-25-17(22-12-6-7-14-15(10-12)29-11-20-14)24-18(26-19)23-16-8-9-21-27(16)13-4-2-1-3-5-13/h1-11H,(H3,22,23,24,25,26,28). The molecular weight excluding hydrogens is 388 g/mol. The van der Waals surface area contributed by atoms with Gasteiger partial charge in [-0.2, -0.15) is 20.1 Å². The third-order valence-electron chi connectivity index (χ3n) is 4.09. The van der Waals surface area contributed by atoms with E-state index in [-0.39, 0.29) is 11.9 Å². The van der Waals surface area contributed by atoms with Crippen LogP contribution >= 0.6 is 11.3 Å². The number of nitrogens with zero attached hydrogens (tertiary/aromatic N) is 6. The molecule has 0 atom stereocenters. The highest BCUT2D eigenvalue weighted by Gasteiger charge is 2.10. The number of benzene rings is 2. The van der Waals surface area contributed by atoms with Crippen molar-refractivity contribution in [2.75, 3.05) is 10.6 Å². The van der Waals surface area contributed by atoms with Gasteiger partial charge in [-0.05, 0) is 30.3 Å². The van der Waals surface area contributed by atoms with Gasteiger partial charge in [-0.25, -0.2) is 9.67 Å². The van der Waals surface area contributed by atoms with Gasteiger partial charge in [0.1, 0.15) is 5.82 Å². The largest absolute Gasteiger partial charge is 0.479 e. The Morgan fingerprint density at radius 1 is 0.897 bits per heavy atom. The maximum absolute atomic E-state index is 9.95. The molecule has 0 amide bonds. The summed E-state index contributed by atoms with van der Waals surface area (Å²) in [6.45, 7) is 0. The van der Waals surface area contributed by atoms with Crippen molar-refractivity contribution < 1.29 is 5.11 Å². The highest BCUT2D eigenvalue weighted by Crippen LogP contribution is 2.25. The number of nitrogens with one attached hydrogen (secondary N) is 2. The number of rotatable bonds is 5. The minimum Gasteiger partial charge on any atom is -0.479 e.